The second kappa shape index (κ2) is 7.11. The van der Waals surface area contributed by atoms with Crippen LogP contribution in [0.25, 0.3) is 0 Å². The number of nitrogens with zero attached hydrogens (tertiary/aromatic N) is 1. The fraction of sp³-hybridized carbons (Fsp3) is 0.571. The van der Waals surface area contributed by atoms with Crippen LogP contribution in [0.4, 0.5) is 0 Å². The zero-order chi connectivity index (χ0) is 20.8. The van der Waals surface area contributed by atoms with Gasteiger partial charge in [0.05, 0.1) is 24.0 Å². The standard InChI is InChI=1S/C21H27N3O5/c1-20-8-9-21(29-20)15(14(20)17(26)22-2)19(28)24(10-11-25)16(21)18(27)23-12-13-6-4-3-5-7-13/h3-7,14-16,25H,8-12H2,1-2H3,(H,22,26)(H,23,27)/t14-,15+,16?,20+,21?/m1/s1. The van der Waals surface area contributed by atoms with E-state index in [1.807, 2.05) is 37.3 Å². The largest absolute Gasteiger partial charge is 0.395 e. The Morgan fingerprint density at radius 3 is 2.62 bits per heavy atom. The fourth-order valence-corrected chi connectivity index (χ4v) is 5.51. The molecule has 156 valence electrons. The van der Waals surface area contributed by atoms with Crippen molar-refractivity contribution in [3.8, 4) is 0 Å². The average molecular weight is 401 g/mol. The topological polar surface area (TPSA) is 108 Å². The number of amides is 3. The fourth-order valence-electron chi connectivity index (χ4n) is 5.51. The van der Waals surface area contributed by atoms with Gasteiger partial charge in [0, 0.05) is 20.1 Å². The quantitative estimate of drug-likeness (QED) is 0.612. The molecule has 0 radical (unpaired) electrons. The molecule has 8 heteroatoms. The molecule has 0 saturated carbocycles. The summed E-state index contributed by atoms with van der Waals surface area (Å²) in [5.74, 6) is -2.24. The average Bonchev–Trinajstić information content (AvgIpc) is 3.28. The number of carbonyl (C=O) groups excluding carboxylic acids is 3. The van der Waals surface area contributed by atoms with Gasteiger partial charge < -0.3 is 25.4 Å². The van der Waals surface area contributed by atoms with Crippen molar-refractivity contribution in [1.29, 1.82) is 0 Å². The van der Waals surface area contributed by atoms with E-state index < -0.39 is 29.1 Å². The number of hydrogen-bond acceptors (Lipinski definition) is 5. The monoisotopic (exact) mass is 401 g/mol. The summed E-state index contributed by atoms with van der Waals surface area (Å²) in [5.41, 5.74) is -0.873. The molecule has 1 aromatic carbocycles. The molecule has 4 rings (SSSR count). The maximum atomic E-state index is 13.3. The number of carbonyl (C=O) groups is 3. The summed E-state index contributed by atoms with van der Waals surface area (Å²) in [6.07, 6.45) is 1.13. The zero-order valence-corrected chi connectivity index (χ0v) is 16.7. The second-order valence-corrected chi connectivity index (χ2v) is 8.30. The molecule has 8 nitrogen and oxygen atoms in total. The molecule has 1 aromatic rings. The van der Waals surface area contributed by atoms with Crippen molar-refractivity contribution in [2.45, 2.75) is 43.6 Å². The number of hydrogen-bond donors (Lipinski definition) is 3. The molecular formula is C21H27N3O5. The van der Waals surface area contributed by atoms with Gasteiger partial charge in [-0.1, -0.05) is 30.3 Å². The summed E-state index contributed by atoms with van der Waals surface area (Å²) < 4.78 is 6.37. The molecule has 29 heavy (non-hydrogen) atoms. The Kier molecular flexibility index (Phi) is 4.86. The molecule has 0 aromatic heterocycles. The van der Waals surface area contributed by atoms with Gasteiger partial charge >= 0.3 is 0 Å². The first-order valence-electron chi connectivity index (χ1n) is 10.0. The molecule has 5 atom stereocenters. The molecule has 3 aliphatic heterocycles. The minimum absolute atomic E-state index is 0.0288. The van der Waals surface area contributed by atoms with Crippen LogP contribution in [0.15, 0.2) is 30.3 Å². The van der Waals surface area contributed by atoms with Crippen molar-refractivity contribution >= 4 is 17.7 Å². The molecule has 3 aliphatic rings. The van der Waals surface area contributed by atoms with Crippen molar-refractivity contribution < 1.29 is 24.2 Å². The van der Waals surface area contributed by atoms with Crippen LogP contribution >= 0.6 is 0 Å². The minimum atomic E-state index is -1.04. The zero-order valence-electron chi connectivity index (χ0n) is 16.7. The van der Waals surface area contributed by atoms with Gasteiger partial charge in [-0.3, -0.25) is 14.4 Å². The highest BCUT2D eigenvalue weighted by Gasteiger charge is 2.77. The molecule has 0 aliphatic carbocycles. The van der Waals surface area contributed by atoms with Crippen molar-refractivity contribution in [2.24, 2.45) is 11.8 Å². The van der Waals surface area contributed by atoms with Crippen molar-refractivity contribution in [3.05, 3.63) is 35.9 Å². The Bertz CT molecular complexity index is 831. The Morgan fingerprint density at radius 2 is 1.97 bits per heavy atom. The number of nitrogens with one attached hydrogen (secondary N) is 2. The van der Waals surface area contributed by atoms with Gasteiger partial charge in [0.25, 0.3) is 0 Å². The highest BCUT2D eigenvalue weighted by Crippen LogP contribution is 2.62. The highest BCUT2D eigenvalue weighted by molar-refractivity contribution is 5.99. The summed E-state index contributed by atoms with van der Waals surface area (Å²) in [4.78, 5) is 40.6. The van der Waals surface area contributed by atoms with Gasteiger partial charge in [-0.05, 0) is 25.3 Å². The summed E-state index contributed by atoms with van der Waals surface area (Å²) in [6.45, 7) is 1.94. The number of aliphatic hydroxyl groups excluding tert-OH is 1. The van der Waals surface area contributed by atoms with E-state index in [9.17, 15) is 19.5 Å². The predicted octanol–water partition coefficient (Wildman–Crippen LogP) is -0.194. The lowest BCUT2D eigenvalue weighted by atomic mass is 9.66. The van der Waals surface area contributed by atoms with Gasteiger partial charge in [-0.25, -0.2) is 0 Å². The number of ether oxygens (including phenoxy) is 1. The lowest BCUT2D eigenvalue weighted by Gasteiger charge is -2.33. The molecule has 2 bridgehead atoms. The van der Waals surface area contributed by atoms with E-state index >= 15 is 0 Å². The first kappa shape index (κ1) is 19.8. The number of likely N-dealkylation sites (tertiary alicyclic amines) is 1. The van der Waals surface area contributed by atoms with E-state index in [4.69, 9.17) is 4.74 Å². The Balaban J connectivity index is 1.66. The third-order valence-electron chi connectivity index (χ3n) is 6.70. The first-order chi connectivity index (χ1) is 13.9. The first-order valence-corrected chi connectivity index (χ1v) is 10.0. The maximum absolute atomic E-state index is 13.3. The van der Waals surface area contributed by atoms with Crippen molar-refractivity contribution in [3.63, 3.8) is 0 Å². The Hall–Kier alpha value is -2.45. The molecule has 3 N–H and O–H groups in total. The lowest BCUT2D eigenvalue weighted by Crippen LogP contribution is -2.55. The Labute approximate surface area is 169 Å². The van der Waals surface area contributed by atoms with E-state index in [1.54, 1.807) is 7.05 Å². The normalized spacial score (nSPS) is 34.9. The number of fused-ring (bicyclic) bond motifs is 1. The maximum Gasteiger partial charge on any atom is 0.246 e. The van der Waals surface area contributed by atoms with E-state index in [-0.39, 0.29) is 30.9 Å². The van der Waals surface area contributed by atoms with Crippen LogP contribution in [0.5, 0.6) is 0 Å². The van der Waals surface area contributed by atoms with Gasteiger partial charge in [-0.2, -0.15) is 0 Å². The van der Waals surface area contributed by atoms with Crippen LogP contribution in [0.3, 0.4) is 0 Å². The van der Waals surface area contributed by atoms with E-state index in [0.29, 0.717) is 19.4 Å². The Morgan fingerprint density at radius 1 is 1.24 bits per heavy atom. The van der Waals surface area contributed by atoms with Crippen LogP contribution in [0.1, 0.15) is 25.3 Å². The number of β-amino-alcohol motifs (C(OH)–C–C–N with tert-alkyl or cyclic N) is 1. The van der Waals surface area contributed by atoms with Crippen LogP contribution < -0.4 is 10.6 Å². The van der Waals surface area contributed by atoms with Gasteiger partial charge in [0.15, 0.2) is 0 Å². The van der Waals surface area contributed by atoms with Gasteiger partial charge in [0.2, 0.25) is 17.7 Å². The summed E-state index contributed by atoms with van der Waals surface area (Å²) in [5, 5.41) is 15.1. The van der Waals surface area contributed by atoms with Crippen molar-refractivity contribution in [1.82, 2.24) is 15.5 Å². The number of aliphatic hydroxyl groups is 1. The molecule has 3 fully saturated rings. The van der Waals surface area contributed by atoms with Gasteiger partial charge in [0.1, 0.15) is 11.6 Å². The van der Waals surface area contributed by atoms with Gasteiger partial charge in [-0.15, -0.1) is 0 Å². The second-order valence-electron chi connectivity index (χ2n) is 8.30. The van der Waals surface area contributed by atoms with E-state index in [2.05, 4.69) is 10.6 Å². The third-order valence-corrected chi connectivity index (χ3v) is 6.70. The lowest BCUT2D eigenvalue weighted by molar-refractivity contribution is -0.146. The minimum Gasteiger partial charge on any atom is -0.395 e. The van der Waals surface area contributed by atoms with Crippen LogP contribution in [-0.4, -0.2) is 65.2 Å². The molecule has 3 saturated heterocycles. The molecule has 3 amide bonds. The molecule has 3 heterocycles. The summed E-state index contributed by atoms with van der Waals surface area (Å²) >= 11 is 0. The predicted molar refractivity (Wildman–Crippen MR) is 103 cm³/mol. The van der Waals surface area contributed by atoms with Crippen molar-refractivity contribution in [2.75, 3.05) is 20.2 Å². The molecule has 1 spiro atoms. The smallest absolute Gasteiger partial charge is 0.246 e. The highest BCUT2D eigenvalue weighted by atomic mass is 16.5. The SMILES string of the molecule is CNC(=O)[C@H]1[C@H]2C(=O)N(CCO)C(C(=O)NCc3ccccc3)C23CC[C@]1(C)O3. The van der Waals surface area contributed by atoms with Crippen LogP contribution in [0, 0.1) is 11.8 Å². The number of benzene rings is 1. The van der Waals surface area contributed by atoms with E-state index in [1.165, 1.54) is 4.90 Å². The molecule has 2 unspecified atom stereocenters. The summed E-state index contributed by atoms with van der Waals surface area (Å²) in [7, 11) is 1.54. The summed E-state index contributed by atoms with van der Waals surface area (Å²) in [6, 6.07) is 8.64. The molecular weight excluding hydrogens is 374 g/mol. The van der Waals surface area contributed by atoms with E-state index in [0.717, 1.165) is 5.56 Å². The van der Waals surface area contributed by atoms with Crippen LogP contribution in [-0.2, 0) is 25.7 Å². The van der Waals surface area contributed by atoms with Crippen LogP contribution in [0.2, 0.25) is 0 Å². The number of rotatable bonds is 6. The third kappa shape index (κ3) is 2.85.